The fourth-order valence-corrected chi connectivity index (χ4v) is 3.08. The van der Waals surface area contributed by atoms with E-state index in [1.807, 2.05) is 0 Å². The van der Waals surface area contributed by atoms with Gasteiger partial charge >= 0.3 is 12.4 Å². The van der Waals surface area contributed by atoms with Crippen molar-refractivity contribution >= 4 is 29.9 Å². The summed E-state index contributed by atoms with van der Waals surface area (Å²) in [6.45, 7) is -0.243. The number of nitrogens with zero attached hydrogens (tertiary/aromatic N) is 2. The van der Waals surface area contributed by atoms with Crippen LogP contribution in [0.1, 0.15) is 17.5 Å². The maximum atomic E-state index is 13.1. The summed E-state index contributed by atoms with van der Waals surface area (Å²) in [6.07, 6.45) is -8.36. The van der Waals surface area contributed by atoms with Crippen molar-refractivity contribution in [3.05, 3.63) is 35.1 Å². The lowest BCUT2D eigenvalue weighted by Gasteiger charge is -2.19. The molecule has 4 nitrogen and oxygen atoms in total. The van der Waals surface area contributed by atoms with Crippen LogP contribution >= 0.6 is 24.0 Å². The summed E-state index contributed by atoms with van der Waals surface area (Å²) in [5, 5.41) is 5.62. The number of guanidine groups is 1. The Morgan fingerprint density at radius 3 is 2.45 bits per heavy atom. The zero-order chi connectivity index (χ0) is 20.9. The average Bonchev–Trinajstić information content (AvgIpc) is 3.00. The first-order valence-corrected chi connectivity index (χ1v) is 8.57. The largest absolute Gasteiger partial charge is 0.416 e. The Labute approximate surface area is 180 Å². The maximum Gasteiger partial charge on any atom is 0.416 e. The fourth-order valence-electron chi connectivity index (χ4n) is 3.08. The zero-order valence-corrected chi connectivity index (χ0v) is 17.8. The molecule has 2 rings (SSSR count). The number of likely N-dealkylation sites (tertiary alicyclic amines) is 1. The first-order valence-electron chi connectivity index (χ1n) is 8.57. The topological polar surface area (TPSA) is 39.7 Å². The summed E-state index contributed by atoms with van der Waals surface area (Å²) in [5.74, 6) is -0.799. The van der Waals surface area contributed by atoms with E-state index < -0.39 is 30.3 Å². The summed E-state index contributed by atoms with van der Waals surface area (Å²) in [6, 6.07) is 2.42. The zero-order valence-electron chi connectivity index (χ0n) is 15.5. The molecule has 0 aliphatic carbocycles. The van der Waals surface area contributed by atoms with E-state index in [2.05, 4.69) is 15.6 Å². The molecule has 0 radical (unpaired) electrons. The van der Waals surface area contributed by atoms with Gasteiger partial charge in [-0.25, -0.2) is 4.39 Å². The second-order valence-corrected chi connectivity index (χ2v) is 6.61. The van der Waals surface area contributed by atoms with Crippen molar-refractivity contribution in [1.29, 1.82) is 0 Å². The minimum absolute atomic E-state index is 0. The quantitative estimate of drug-likeness (QED) is 0.256. The molecule has 1 aliphatic rings. The van der Waals surface area contributed by atoms with E-state index in [9.17, 15) is 30.7 Å². The van der Waals surface area contributed by atoms with Gasteiger partial charge in [-0.2, -0.15) is 26.3 Å². The lowest BCUT2D eigenvalue weighted by molar-refractivity contribution is -0.143. The van der Waals surface area contributed by atoms with E-state index in [4.69, 9.17) is 0 Å². The molecule has 1 atom stereocenters. The van der Waals surface area contributed by atoms with E-state index in [0.717, 1.165) is 12.1 Å². The number of halogens is 8. The van der Waals surface area contributed by atoms with Crippen molar-refractivity contribution in [3.8, 4) is 0 Å². The van der Waals surface area contributed by atoms with Crippen LogP contribution in [0.5, 0.6) is 0 Å². The lowest BCUT2D eigenvalue weighted by atomic mass is 10.1. The molecule has 12 heteroatoms. The highest BCUT2D eigenvalue weighted by Gasteiger charge is 2.35. The maximum absolute atomic E-state index is 13.1. The Balaban J connectivity index is 0.00000420. The van der Waals surface area contributed by atoms with Gasteiger partial charge in [-0.15, -0.1) is 24.0 Å². The highest BCUT2D eigenvalue weighted by Crippen LogP contribution is 2.32. The van der Waals surface area contributed by atoms with Gasteiger partial charge < -0.3 is 10.6 Å². The van der Waals surface area contributed by atoms with Crippen molar-refractivity contribution in [3.63, 3.8) is 0 Å². The molecule has 1 fully saturated rings. The van der Waals surface area contributed by atoms with Gasteiger partial charge in [0.05, 0.1) is 12.1 Å². The number of alkyl halides is 6. The number of aliphatic imine (C=N–C) groups is 1. The summed E-state index contributed by atoms with van der Waals surface area (Å²) in [4.78, 5) is 5.21. The third-order valence-electron chi connectivity index (χ3n) is 4.38. The molecule has 29 heavy (non-hydrogen) atoms. The van der Waals surface area contributed by atoms with Gasteiger partial charge in [-0.3, -0.25) is 9.89 Å². The van der Waals surface area contributed by atoms with Crippen LogP contribution in [0.15, 0.2) is 23.2 Å². The second kappa shape index (κ2) is 10.6. The van der Waals surface area contributed by atoms with Crippen LogP contribution in [0, 0.1) is 11.7 Å². The Kier molecular flexibility index (Phi) is 9.44. The third kappa shape index (κ3) is 8.52. The van der Waals surface area contributed by atoms with Crippen molar-refractivity contribution in [2.75, 3.05) is 33.2 Å². The monoisotopic (exact) mass is 542 g/mol. The smallest absolute Gasteiger partial charge is 0.356 e. The Morgan fingerprint density at radius 1 is 1.17 bits per heavy atom. The average molecular weight is 542 g/mol. The van der Waals surface area contributed by atoms with Crippen LogP contribution in [-0.2, 0) is 12.7 Å². The molecule has 166 valence electrons. The van der Waals surface area contributed by atoms with Crippen LogP contribution in [0.4, 0.5) is 30.7 Å². The summed E-state index contributed by atoms with van der Waals surface area (Å²) in [7, 11) is 1.43. The minimum Gasteiger partial charge on any atom is -0.356 e. The van der Waals surface area contributed by atoms with Gasteiger partial charge in [0.15, 0.2) is 5.96 Å². The third-order valence-corrected chi connectivity index (χ3v) is 4.38. The summed E-state index contributed by atoms with van der Waals surface area (Å²) >= 11 is 0. The van der Waals surface area contributed by atoms with E-state index in [0.29, 0.717) is 25.6 Å². The van der Waals surface area contributed by atoms with Crippen LogP contribution in [-0.4, -0.2) is 50.3 Å². The predicted molar refractivity (Wildman–Crippen MR) is 106 cm³/mol. The van der Waals surface area contributed by atoms with E-state index in [1.54, 1.807) is 0 Å². The van der Waals surface area contributed by atoms with Crippen LogP contribution < -0.4 is 10.6 Å². The molecule has 2 N–H and O–H groups in total. The minimum atomic E-state index is -4.69. The van der Waals surface area contributed by atoms with Gasteiger partial charge in [-0.05, 0) is 36.6 Å². The first kappa shape index (κ1) is 25.7. The summed E-state index contributed by atoms with van der Waals surface area (Å²) < 4.78 is 89.4. The first-order chi connectivity index (χ1) is 13.0. The molecule has 1 aromatic rings. The lowest BCUT2D eigenvalue weighted by Crippen LogP contribution is -2.40. The van der Waals surface area contributed by atoms with Crippen LogP contribution in [0.3, 0.4) is 0 Å². The van der Waals surface area contributed by atoms with E-state index in [-0.39, 0.29) is 54.5 Å². The molecule has 0 bridgehead atoms. The van der Waals surface area contributed by atoms with E-state index in [1.165, 1.54) is 11.9 Å². The van der Waals surface area contributed by atoms with Crippen molar-refractivity contribution in [1.82, 2.24) is 15.5 Å². The second-order valence-electron chi connectivity index (χ2n) is 6.61. The van der Waals surface area contributed by atoms with Gasteiger partial charge in [0, 0.05) is 26.7 Å². The van der Waals surface area contributed by atoms with Gasteiger partial charge in [0.1, 0.15) is 5.82 Å². The number of hydrogen-bond donors (Lipinski definition) is 2. The highest BCUT2D eigenvalue weighted by atomic mass is 127. The molecule has 1 heterocycles. The summed E-state index contributed by atoms with van der Waals surface area (Å²) in [5.41, 5.74) is -1.22. The van der Waals surface area contributed by atoms with Gasteiger partial charge in [0.25, 0.3) is 0 Å². The van der Waals surface area contributed by atoms with Crippen LogP contribution in [0.2, 0.25) is 0 Å². The molecule has 1 saturated heterocycles. The van der Waals surface area contributed by atoms with Crippen molar-refractivity contribution in [2.45, 2.75) is 25.3 Å². The standard InChI is InChI=1S/C17H21F7N4.HI/c1-25-15(26-7-11-4-5-28(9-11)10-16(19,20)21)27-8-12-2-3-13(18)6-14(12)17(22,23)24;/h2-3,6,11H,4-5,7-10H2,1H3,(H2,25,26,27);1H. The molecule has 0 saturated carbocycles. The van der Waals surface area contributed by atoms with Crippen molar-refractivity contribution < 1.29 is 30.7 Å². The molecule has 0 spiro atoms. The highest BCUT2D eigenvalue weighted by molar-refractivity contribution is 14.0. The molecular weight excluding hydrogens is 520 g/mol. The Hall–Kier alpha value is -1.31. The molecule has 1 aliphatic heterocycles. The fraction of sp³-hybridized carbons (Fsp3) is 0.588. The van der Waals surface area contributed by atoms with Gasteiger partial charge in [-0.1, -0.05) is 6.07 Å². The van der Waals surface area contributed by atoms with Gasteiger partial charge in [0.2, 0.25) is 0 Å². The number of hydrogen-bond acceptors (Lipinski definition) is 2. The van der Waals surface area contributed by atoms with Crippen molar-refractivity contribution in [2.24, 2.45) is 10.9 Å². The Bertz CT molecular complexity index is 691. The molecule has 1 unspecified atom stereocenters. The number of rotatable bonds is 5. The molecular formula is C17H22F7IN4. The predicted octanol–water partition coefficient (Wildman–Crippen LogP) is 4.01. The number of nitrogens with one attached hydrogen (secondary N) is 2. The molecule has 0 amide bonds. The van der Waals surface area contributed by atoms with Crippen LogP contribution in [0.25, 0.3) is 0 Å². The molecule has 1 aromatic carbocycles. The SMILES string of the molecule is CN=C(NCc1ccc(F)cc1C(F)(F)F)NCC1CCN(CC(F)(F)F)C1.I. The van der Waals surface area contributed by atoms with E-state index >= 15 is 0 Å². The molecule has 0 aromatic heterocycles. The normalized spacial score (nSPS) is 18.5. The Morgan fingerprint density at radius 2 is 1.86 bits per heavy atom. The number of benzene rings is 1.